The van der Waals surface area contributed by atoms with Crippen molar-refractivity contribution in [2.45, 2.75) is 0 Å². The Balaban J connectivity index is 1.94. The summed E-state index contributed by atoms with van der Waals surface area (Å²) in [7, 11) is 0. The molecule has 0 fully saturated rings. The van der Waals surface area contributed by atoms with Crippen LogP contribution in [0.4, 0.5) is 0 Å². The van der Waals surface area contributed by atoms with Gasteiger partial charge in [0.05, 0.1) is 15.9 Å². The molecule has 6 heteroatoms. The molecule has 0 aliphatic heterocycles. The maximum atomic E-state index is 11.8. The molecule has 0 saturated carbocycles. The van der Waals surface area contributed by atoms with E-state index in [0.29, 0.717) is 10.6 Å². The van der Waals surface area contributed by atoms with Crippen LogP contribution in [0.15, 0.2) is 54.0 Å². The van der Waals surface area contributed by atoms with Gasteiger partial charge < -0.3 is 5.73 Å². The first-order valence-electron chi connectivity index (χ1n) is 6.92. The Morgan fingerprint density at radius 3 is 2.70 bits per heavy atom. The van der Waals surface area contributed by atoms with Crippen LogP contribution in [0.5, 0.6) is 0 Å². The van der Waals surface area contributed by atoms with Gasteiger partial charge in [0.2, 0.25) is 0 Å². The number of aromatic nitrogens is 2. The molecule has 0 atom stereocenters. The van der Waals surface area contributed by atoms with Crippen LogP contribution < -0.4 is 5.73 Å². The van der Waals surface area contributed by atoms with E-state index in [1.807, 2.05) is 47.8 Å². The van der Waals surface area contributed by atoms with Crippen LogP contribution in [0.1, 0.15) is 9.67 Å². The van der Waals surface area contributed by atoms with Crippen molar-refractivity contribution in [3.05, 3.63) is 58.9 Å². The lowest BCUT2D eigenvalue weighted by Crippen LogP contribution is -2.10. The molecule has 3 heterocycles. The van der Waals surface area contributed by atoms with Gasteiger partial charge in [0.25, 0.3) is 5.91 Å². The highest BCUT2D eigenvalue weighted by molar-refractivity contribution is 7.20. The molecule has 0 aliphatic rings. The monoisotopic (exact) mass is 337 g/mol. The van der Waals surface area contributed by atoms with Gasteiger partial charge in [0.1, 0.15) is 9.88 Å². The van der Waals surface area contributed by atoms with Crippen LogP contribution in [0.25, 0.3) is 32.0 Å². The maximum absolute atomic E-state index is 11.8. The average molecular weight is 337 g/mol. The fourth-order valence-electron chi connectivity index (χ4n) is 2.44. The van der Waals surface area contributed by atoms with Crippen LogP contribution >= 0.6 is 22.7 Å². The smallest absolute Gasteiger partial charge is 0.261 e. The van der Waals surface area contributed by atoms with Crippen molar-refractivity contribution in [3.8, 4) is 21.8 Å². The molecule has 2 N–H and O–H groups in total. The summed E-state index contributed by atoms with van der Waals surface area (Å²) in [6, 6.07) is 13.5. The number of primary amides is 1. The Labute approximate surface area is 140 Å². The van der Waals surface area contributed by atoms with E-state index in [9.17, 15) is 4.79 Å². The fourth-order valence-corrected chi connectivity index (χ4v) is 4.34. The summed E-state index contributed by atoms with van der Waals surface area (Å²) in [6.07, 6.45) is 1.76. The number of fused-ring (bicyclic) bond motifs is 1. The lowest BCUT2D eigenvalue weighted by Gasteiger charge is -1.99. The van der Waals surface area contributed by atoms with Crippen molar-refractivity contribution in [3.63, 3.8) is 0 Å². The molecule has 0 saturated heterocycles. The Morgan fingerprint density at radius 1 is 1.09 bits per heavy atom. The second kappa shape index (κ2) is 5.57. The Bertz CT molecular complexity index is 1010. The van der Waals surface area contributed by atoms with Crippen molar-refractivity contribution >= 4 is 38.8 Å². The van der Waals surface area contributed by atoms with E-state index in [2.05, 4.69) is 4.98 Å². The van der Waals surface area contributed by atoms with Crippen LogP contribution in [0.2, 0.25) is 0 Å². The van der Waals surface area contributed by atoms with E-state index >= 15 is 0 Å². The van der Waals surface area contributed by atoms with Gasteiger partial charge in [0, 0.05) is 17.3 Å². The number of nitrogens with zero attached hydrogens (tertiary/aromatic N) is 2. The number of hydrogen-bond donors (Lipinski definition) is 1. The molecule has 3 aromatic heterocycles. The second-order valence-electron chi connectivity index (χ2n) is 4.92. The van der Waals surface area contributed by atoms with E-state index in [4.69, 9.17) is 10.7 Å². The molecule has 0 radical (unpaired) electrons. The van der Waals surface area contributed by atoms with Gasteiger partial charge in [0.15, 0.2) is 0 Å². The number of nitrogens with two attached hydrogens (primary N) is 1. The number of carbonyl (C=O) groups excluding carboxylic acids is 1. The van der Waals surface area contributed by atoms with Crippen molar-refractivity contribution in [1.82, 2.24) is 9.97 Å². The van der Waals surface area contributed by atoms with Crippen LogP contribution in [0.3, 0.4) is 0 Å². The number of hydrogen-bond acceptors (Lipinski definition) is 5. The van der Waals surface area contributed by atoms with Crippen molar-refractivity contribution in [2.75, 3.05) is 0 Å². The molecule has 4 nitrogen and oxygen atoms in total. The predicted molar refractivity (Wildman–Crippen MR) is 94.7 cm³/mol. The van der Waals surface area contributed by atoms with E-state index < -0.39 is 5.91 Å². The van der Waals surface area contributed by atoms with E-state index in [0.717, 1.165) is 26.4 Å². The summed E-state index contributed by atoms with van der Waals surface area (Å²) in [4.78, 5) is 21.4. The standard InChI is InChI=1S/C17H11N3OS2/c18-16(21)15-13(10-4-2-1-3-5-10)20-17(23-15)11-6-8-19-12-7-9-22-14(11)12/h1-9H,(H2,18,21). The topological polar surface area (TPSA) is 68.9 Å². The molecular weight excluding hydrogens is 326 g/mol. The largest absolute Gasteiger partial charge is 0.365 e. The fraction of sp³-hybridized carbons (Fsp3) is 0. The first kappa shape index (κ1) is 14.0. The highest BCUT2D eigenvalue weighted by Crippen LogP contribution is 2.37. The Hall–Kier alpha value is -2.57. The van der Waals surface area contributed by atoms with Gasteiger partial charge in [-0.05, 0) is 17.5 Å². The zero-order chi connectivity index (χ0) is 15.8. The van der Waals surface area contributed by atoms with Crippen molar-refractivity contribution < 1.29 is 4.79 Å². The zero-order valence-corrected chi connectivity index (χ0v) is 13.5. The van der Waals surface area contributed by atoms with Gasteiger partial charge >= 0.3 is 0 Å². The number of carbonyl (C=O) groups is 1. The molecule has 4 rings (SSSR count). The van der Waals surface area contributed by atoms with Gasteiger partial charge in [-0.15, -0.1) is 22.7 Å². The minimum atomic E-state index is -0.455. The number of benzene rings is 1. The third-order valence-corrected chi connectivity index (χ3v) is 5.51. The van der Waals surface area contributed by atoms with Crippen LogP contribution in [-0.2, 0) is 0 Å². The third-order valence-electron chi connectivity index (χ3n) is 3.47. The van der Waals surface area contributed by atoms with Gasteiger partial charge in [-0.1, -0.05) is 30.3 Å². The summed E-state index contributed by atoms with van der Waals surface area (Å²) >= 11 is 2.94. The minimum absolute atomic E-state index is 0.455. The molecule has 0 bridgehead atoms. The number of pyridine rings is 1. The van der Waals surface area contributed by atoms with Gasteiger partial charge in [-0.25, -0.2) is 4.98 Å². The Morgan fingerprint density at radius 2 is 1.91 bits per heavy atom. The first-order chi connectivity index (χ1) is 11.2. The molecule has 112 valence electrons. The normalized spacial score (nSPS) is 11.0. The molecule has 4 aromatic rings. The zero-order valence-electron chi connectivity index (χ0n) is 11.9. The minimum Gasteiger partial charge on any atom is -0.365 e. The van der Waals surface area contributed by atoms with Gasteiger partial charge in [-0.3, -0.25) is 9.78 Å². The molecular formula is C17H11N3OS2. The molecule has 0 aliphatic carbocycles. The van der Waals surface area contributed by atoms with E-state index in [-0.39, 0.29) is 0 Å². The number of amides is 1. The maximum Gasteiger partial charge on any atom is 0.261 e. The predicted octanol–water partition coefficient (Wildman–Crippen LogP) is 4.19. The second-order valence-corrected chi connectivity index (χ2v) is 6.84. The van der Waals surface area contributed by atoms with Crippen LogP contribution in [0, 0.1) is 0 Å². The lowest BCUT2D eigenvalue weighted by atomic mass is 10.1. The number of rotatable bonds is 3. The molecule has 1 aromatic carbocycles. The quantitative estimate of drug-likeness (QED) is 0.609. The van der Waals surface area contributed by atoms with E-state index in [1.54, 1.807) is 17.5 Å². The Kier molecular flexibility index (Phi) is 3.40. The van der Waals surface area contributed by atoms with Crippen molar-refractivity contribution in [1.29, 1.82) is 0 Å². The molecule has 23 heavy (non-hydrogen) atoms. The van der Waals surface area contributed by atoms with Crippen molar-refractivity contribution in [2.24, 2.45) is 5.73 Å². The van der Waals surface area contributed by atoms with Gasteiger partial charge in [-0.2, -0.15) is 0 Å². The summed E-state index contributed by atoms with van der Waals surface area (Å²) in [5, 5.41) is 2.79. The highest BCUT2D eigenvalue weighted by atomic mass is 32.1. The van der Waals surface area contributed by atoms with E-state index in [1.165, 1.54) is 11.3 Å². The van der Waals surface area contributed by atoms with Crippen LogP contribution in [-0.4, -0.2) is 15.9 Å². The molecule has 0 spiro atoms. The molecule has 0 unspecified atom stereocenters. The number of thiophene rings is 1. The number of thiazole rings is 1. The average Bonchev–Trinajstić information content (AvgIpc) is 3.22. The SMILES string of the molecule is NC(=O)c1sc(-c2ccnc3ccsc23)nc1-c1ccccc1. The highest BCUT2D eigenvalue weighted by Gasteiger charge is 2.19. The lowest BCUT2D eigenvalue weighted by molar-refractivity contribution is 0.100. The first-order valence-corrected chi connectivity index (χ1v) is 8.62. The third kappa shape index (κ3) is 2.42. The molecule has 1 amide bonds. The summed E-state index contributed by atoms with van der Waals surface area (Å²) in [6.45, 7) is 0. The summed E-state index contributed by atoms with van der Waals surface area (Å²) < 4.78 is 1.07. The summed E-state index contributed by atoms with van der Waals surface area (Å²) in [5.74, 6) is -0.455. The summed E-state index contributed by atoms with van der Waals surface area (Å²) in [5.41, 5.74) is 9.01.